The summed E-state index contributed by atoms with van der Waals surface area (Å²) in [7, 11) is 0. The summed E-state index contributed by atoms with van der Waals surface area (Å²) in [6, 6.07) is 16.3. The monoisotopic (exact) mass is 746 g/mol. The van der Waals surface area contributed by atoms with Crippen LogP contribution in [0.15, 0.2) is 46.9 Å². The first-order chi connectivity index (χ1) is 26.9. The number of hydrogen-bond donors (Lipinski definition) is 0. The van der Waals surface area contributed by atoms with E-state index in [0.29, 0.717) is 0 Å². The Morgan fingerprint density at radius 1 is 0.298 bits per heavy atom. The molecule has 0 N–H and O–H groups in total. The Morgan fingerprint density at radius 2 is 0.684 bits per heavy atom. The van der Waals surface area contributed by atoms with Crippen molar-refractivity contribution in [1.29, 1.82) is 0 Å². The van der Waals surface area contributed by atoms with E-state index in [1.807, 2.05) is 0 Å². The first kappa shape index (κ1) is 37.4. The van der Waals surface area contributed by atoms with Crippen LogP contribution in [0, 0.1) is 104 Å². The van der Waals surface area contributed by atoms with Crippen LogP contribution < -0.4 is 0 Å². The highest BCUT2D eigenvalue weighted by molar-refractivity contribution is 6.28. The van der Waals surface area contributed by atoms with E-state index in [0.717, 1.165) is 11.2 Å². The molecule has 8 aromatic rings. The largest absolute Gasteiger partial charge is 0.455 e. The first-order valence-corrected chi connectivity index (χ1v) is 21.0. The smallest absolute Gasteiger partial charge is 0.138 e. The maximum Gasteiger partial charge on any atom is 0.138 e. The molecule has 7 aromatic carbocycles. The lowest BCUT2D eigenvalue weighted by Crippen LogP contribution is -2.14. The molecule has 1 aliphatic carbocycles. The van der Waals surface area contributed by atoms with Crippen molar-refractivity contribution in [3.05, 3.63) is 137 Å². The molecule has 57 heavy (non-hydrogen) atoms. The van der Waals surface area contributed by atoms with Crippen LogP contribution in [0.4, 0.5) is 0 Å². The zero-order valence-electron chi connectivity index (χ0n) is 37.4. The minimum atomic E-state index is -0.0929. The molecule has 0 spiro atoms. The summed E-state index contributed by atoms with van der Waals surface area (Å²) in [6.07, 6.45) is 0. The van der Waals surface area contributed by atoms with Crippen molar-refractivity contribution in [3.63, 3.8) is 0 Å². The average molecular weight is 747 g/mol. The zero-order chi connectivity index (χ0) is 41.1. The fourth-order valence-corrected chi connectivity index (χ4v) is 11.3. The van der Waals surface area contributed by atoms with E-state index in [-0.39, 0.29) is 5.41 Å². The minimum Gasteiger partial charge on any atom is -0.455 e. The van der Waals surface area contributed by atoms with Crippen molar-refractivity contribution in [3.8, 4) is 33.4 Å². The Bertz CT molecular complexity index is 3090. The van der Waals surface area contributed by atoms with Crippen molar-refractivity contribution < 1.29 is 4.42 Å². The summed E-state index contributed by atoms with van der Waals surface area (Å²) in [4.78, 5) is 0. The fourth-order valence-electron chi connectivity index (χ4n) is 11.3. The van der Waals surface area contributed by atoms with Gasteiger partial charge in [-0.25, -0.2) is 0 Å². The third kappa shape index (κ3) is 4.52. The fraction of sp³-hybridized carbons (Fsp3) is 0.321. The Balaban J connectivity index is 1.61. The number of rotatable bonds is 2. The van der Waals surface area contributed by atoms with Crippen molar-refractivity contribution in [2.24, 2.45) is 0 Å². The molecule has 1 aromatic heterocycles. The average Bonchev–Trinajstić information content (AvgIpc) is 3.71. The van der Waals surface area contributed by atoms with Gasteiger partial charge in [-0.05, 0) is 253 Å². The molecule has 0 saturated carbocycles. The second kappa shape index (κ2) is 12.2. The predicted octanol–water partition coefficient (Wildman–Crippen LogP) is 16.2. The van der Waals surface area contributed by atoms with Crippen LogP contribution >= 0.6 is 0 Å². The number of aryl methyl sites for hydroxylation is 8. The molecule has 0 bridgehead atoms. The van der Waals surface area contributed by atoms with E-state index in [2.05, 4.69) is 160 Å². The van der Waals surface area contributed by atoms with Gasteiger partial charge in [-0.15, -0.1) is 0 Å². The predicted molar refractivity (Wildman–Crippen MR) is 248 cm³/mol. The van der Waals surface area contributed by atoms with Gasteiger partial charge in [0.2, 0.25) is 0 Å². The molecule has 0 saturated heterocycles. The van der Waals surface area contributed by atoms with Gasteiger partial charge in [-0.3, -0.25) is 0 Å². The SMILES string of the molecule is Cc1c(C)c(C)c2c(oc3c(C)c(C)c(-c4c5c(C)c(C)c(C)c(C)c5c(-c5cccc6c5-c5ccccc5C6(C)C)c5c(C)c(C)c(C)c(C)c45)c(C)c32)c1C. The van der Waals surface area contributed by atoms with Crippen molar-refractivity contribution in [2.75, 3.05) is 0 Å². The molecule has 0 atom stereocenters. The van der Waals surface area contributed by atoms with Gasteiger partial charge in [0.05, 0.1) is 0 Å². The van der Waals surface area contributed by atoms with E-state index in [1.165, 1.54) is 160 Å². The van der Waals surface area contributed by atoms with Gasteiger partial charge in [-0.1, -0.05) is 56.3 Å². The van der Waals surface area contributed by atoms with E-state index in [1.54, 1.807) is 0 Å². The van der Waals surface area contributed by atoms with Gasteiger partial charge < -0.3 is 4.42 Å². The molecule has 0 fully saturated rings. The first-order valence-electron chi connectivity index (χ1n) is 21.0. The summed E-state index contributed by atoms with van der Waals surface area (Å²) in [5, 5.41) is 8.12. The summed E-state index contributed by atoms with van der Waals surface area (Å²) in [5.41, 5.74) is 33.2. The number of fused-ring (bicyclic) bond motifs is 8. The normalized spacial score (nSPS) is 13.5. The number of benzene rings is 7. The molecule has 9 rings (SSSR count). The number of hydrogen-bond acceptors (Lipinski definition) is 1. The van der Waals surface area contributed by atoms with Crippen molar-refractivity contribution >= 4 is 43.5 Å². The second-order valence-electron chi connectivity index (χ2n) is 18.4. The second-order valence-corrected chi connectivity index (χ2v) is 18.4. The Morgan fingerprint density at radius 3 is 1.21 bits per heavy atom. The van der Waals surface area contributed by atoms with E-state index >= 15 is 0 Å². The zero-order valence-corrected chi connectivity index (χ0v) is 37.4. The highest BCUT2D eigenvalue weighted by Crippen LogP contribution is 2.58. The van der Waals surface area contributed by atoms with Crippen LogP contribution in [0.3, 0.4) is 0 Å². The maximum absolute atomic E-state index is 6.98. The van der Waals surface area contributed by atoms with Crippen LogP contribution in [0.1, 0.15) is 108 Å². The highest BCUT2D eigenvalue weighted by Gasteiger charge is 2.38. The van der Waals surface area contributed by atoms with Crippen LogP contribution in [0.2, 0.25) is 0 Å². The molecule has 288 valence electrons. The summed E-state index contributed by atoms with van der Waals surface area (Å²) >= 11 is 0. The van der Waals surface area contributed by atoms with Crippen LogP contribution in [-0.4, -0.2) is 0 Å². The van der Waals surface area contributed by atoms with E-state index < -0.39 is 0 Å². The maximum atomic E-state index is 6.98. The molecule has 0 unspecified atom stereocenters. The third-order valence-corrected chi connectivity index (χ3v) is 15.8. The molecular weight excluding hydrogens is 689 g/mol. The Hall–Kier alpha value is -5.14. The summed E-state index contributed by atoms with van der Waals surface area (Å²) < 4.78 is 6.98. The standard InChI is InChI=1S/C56H58O/c1-25-27(3)33(9)47-45(31(25)7)52(41-22-20-24-43-51(41)40-21-18-19-23-42(40)56(43,16)17)46-32(8)26(2)28(4)34(10)48(46)53(47)44-36(12)38(14)55-50(39(44)15)49-35(11)29(5)30(6)37(13)54(49)57-55/h18-24H,1-17H3. The van der Waals surface area contributed by atoms with Crippen molar-refractivity contribution in [2.45, 2.75) is 123 Å². The summed E-state index contributed by atoms with van der Waals surface area (Å²) in [6.45, 7) is 39.8. The van der Waals surface area contributed by atoms with Gasteiger partial charge in [0.25, 0.3) is 0 Å². The van der Waals surface area contributed by atoms with Gasteiger partial charge in [0.15, 0.2) is 0 Å². The van der Waals surface area contributed by atoms with Crippen LogP contribution in [0.25, 0.3) is 76.9 Å². The third-order valence-electron chi connectivity index (χ3n) is 15.8. The molecule has 0 amide bonds. The molecule has 1 aliphatic rings. The van der Waals surface area contributed by atoms with Gasteiger partial charge in [-0.2, -0.15) is 0 Å². The minimum absolute atomic E-state index is 0.0929. The van der Waals surface area contributed by atoms with Gasteiger partial charge in [0.1, 0.15) is 11.2 Å². The Kier molecular flexibility index (Phi) is 8.00. The van der Waals surface area contributed by atoms with Crippen molar-refractivity contribution in [1.82, 2.24) is 0 Å². The highest BCUT2D eigenvalue weighted by atomic mass is 16.3. The lowest BCUT2D eigenvalue weighted by molar-refractivity contribution is 0.660. The van der Waals surface area contributed by atoms with Gasteiger partial charge in [0, 0.05) is 16.2 Å². The summed E-state index contributed by atoms with van der Waals surface area (Å²) in [5.74, 6) is 0. The lowest BCUT2D eigenvalue weighted by Gasteiger charge is -2.29. The van der Waals surface area contributed by atoms with E-state index in [9.17, 15) is 0 Å². The van der Waals surface area contributed by atoms with E-state index in [4.69, 9.17) is 4.42 Å². The number of furan rings is 1. The van der Waals surface area contributed by atoms with Gasteiger partial charge >= 0.3 is 0 Å². The molecular formula is C56H58O. The van der Waals surface area contributed by atoms with Crippen LogP contribution in [0.5, 0.6) is 0 Å². The topological polar surface area (TPSA) is 13.1 Å². The molecule has 1 nitrogen and oxygen atoms in total. The molecule has 0 radical (unpaired) electrons. The molecule has 1 heteroatoms. The quantitative estimate of drug-likeness (QED) is 0.161. The Labute approximate surface area is 340 Å². The van der Waals surface area contributed by atoms with Crippen LogP contribution in [-0.2, 0) is 5.41 Å². The molecule has 1 heterocycles. The lowest BCUT2D eigenvalue weighted by atomic mass is 9.74. The molecule has 0 aliphatic heterocycles.